The minimum absolute atomic E-state index is 0.0291. The molecular weight excluding hydrogens is 471 g/mol. The molecule has 3 N–H and O–H groups in total. The summed E-state index contributed by atoms with van der Waals surface area (Å²) in [4.78, 5) is 32.0. The number of aromatic nitrogens is 4. The fraction of sp³-hybridized carbons (Fsp3) is 0.458. The highest BCUT2D eigenvalue weighted by atomic mass is 19.1. The Morgan fingerprint density at radius 2 is 2.06 bits per heavy atom. The Bertz CT molecular complexity index is 1270. The molecule has 0 bridgehead atoms. The first-order valence-corrected chi connectivity index (χ1v) is 11.6. The number of nitrogens with zero attached hydrogens (tertiary/aromatic N) is 4. The second-order valence-electron chi connectivity index (χ2n) is 9.75. The van der Waals surface area contributed by atoms with Crippen LogP contribution in [0.1, 0.15) is 68.9 Å². The van der Waals surface area contributed by atoms with Gasteiger partial charge in [-0.25, -0.2) is 28.5 Å². The summed E-state index contributed by atoms with van der Waals surface area (Å²) in [5.74, 6) is -0.996. The maximum atomic E-state index is 14.1. The summed E-state index contributed by atoms with van der Waals surface area (Å²) in [5, 5.41) is 19.3. The number of anilines is 1. The van der Waals surface area contributed by atoms with Gasteiger partial charge in [0, 0.05) is 24.2 Å². The first-order valence-electron chi connectivity index (χ1n) is 11.6. The summed E-state index contributed by atoms with van der Waals surface area (Å²) >= 11 is 0. The fourth-order valence-corrected chi connectivity index (χ4v) is 4.06. The van der Waals surface area contributed by atoms with E-state index in [1.54, 1.807) is 40.0 Å². The third-order valence-electron chi connectivity index (χ3n) is 5.66. The third kappa shape index (κ3) is 5.99. The van der Waals surface area contributed by atoms with Gasteiger partial charge >= 0.3 is 12.1 Å². The van der Waals surface area contributed by atoms with Gasteiger partial charge in [0.15, 0.2) is 5.65 Å². The van der Waals surface area contributed by atoms with Crippen LogP contribution in [-0.2, 0) is 4.74 Å². The molecule has 2 unspecified atom stereocenters. The lowest BCUT2D eigenvalue weighted by atomic mass is 10.1. The van der Waals surface area contributed by atoms with E-state index >= 15 is 0 Å². The van der Waals surface area contributed by atoms with Crippen LogP contribution in [0.2, 0.25) is 0 Å². The number of halogens is 1. The Hall–Kier alpha value is -3.96. The lowest BCUT2D eigenvalue weighted by Crippen LogP contribution is -2.38. The number of carboxylic acids is 1. The number of pyridine rings is 1. The number of carboxylic acid groups (broad SMARTS) is 1. The number of aromatic carboxylic acids is 1. The minimum atomic E-state index is -1.14. The molecule has 12 heteroatoms. The smallest absolute Gasteiger partial charge is 0.407 e. The highest BCUT2D eigenvalue weighted by Crippen LogP contribution is 2.31. The maximum absolute atomic E-state index is 14.1. The van der Waals surface area contributed by atoms with Gasteiger partial charge < -0.3 is 25.2 Å². The van der Waals surface area contributed by atoms with Crippen molar-refractivity contribution in [1.82, 2.24) is 24.9 Å². The number of amides is 1. The molecule has 0 aromatic carbocycles. The molecule has 1 amide bonds. The summed E-state index contributed by atoms with van der Waals surface area (Å²) in [7, 11) is 0. The van der Waals surface area contributed by atoms with E-state index in [0.717, 1.165) is 12.6 Å². The summed E-state index contributed by atoms with van der Waals surface area (Å²) in [5.41, 5.74) is 0.0510. The van der Waals surface area contributed by atoms with Crippen molar-refractivity contribution in [3.05, 3.63) is 47.7 Å². The zero-order valence-electron chi connectivity index (χ0n) is 20.5. The Morgan fingerprint density at radius 3 is 2.78 bits per heavy atom. The summed E-state index contributed by atoms with van der Waals surface area (Å²) in [6, 6.07) is 2.41. The van der Waals surface area contributed by atoms with Gasteiger partial charge in [0.25, 0.3) is 0 Å². The van der Waals surface area contributed by atoms with Gasteiger partial charge in [0.05, 0.1) is 18.4 Å². The number of rotatable bonds is 7. The van der Waals surface area contributed by atoms with Gasteiger partial charge in [-0.15, -0.1) is 0 Å². The van der Waals surface area contributed by atoms with Crippen LogP contribution < -0.4 is 15.4 Å². The molecule has 36 heavy (non-hydrogen) atoms. The van der Waals surface area contributed by atoms with Crippen LogP contribution in [0.15, 0.2) is 30.7 Å². The molecule has 3 aromatic heterocycles. The van der Waals surface area contributed by atoms with E-state index in [4.69, 9.17) is 9.47 Å². The molecule has 1 fully saturated rings. The summed E-state index contributed by atoms with van der Waals surface area (Å²) in [6.45, 7) is 7.21. The third-order valence-corrected chi connectivity index (χ3v) is 5.66. The topological polar surface area (TPSA) is 140 Å². The van der Waals surface area contributed by atoms with Crippen molar-refractivity contribution < 1.29 is 28.6 Å². The Labute approximate surface area is 207 Å². The Balaban J connectivity index is 1.45. The Kier molecular flexibility index (Phi) is 6.95. The second kappa shape index (κ2) is 9.96. The normalized spacial score (nSPS) is 18.6. The van der Waals surface area contributed by atoms with Crippen molar-refractivity contribution in [3.63, 3.8) is 0 Å². The largest absolute Gasteiger partial charge is 0.477 e. The van der Waals surface area contributed by atoms with Gasteiger partial charge in [0.1, 0.15) is 28.9 Å². The van der Waals surface area contributed by atoms with Gasteiger partial charge in [-0.2, -0.15) is 5.10 Å². The molecule has 0 radical (unpaired) electrons. The molecule has 3 heterocycles. The molecule has 3 atom stereocenters. The predicted molar refractivity (Wildman–Crippen MR) is 128 cm³/mol. The van der Waals surface area contributed by atoms with Crippen LogP contribution in [0.4, 0.5) is 15.0 Å². The average Bonchev–Trinajstić information content (AvgIpc) is 3.40. The van der Waals surface area contributed by atoms with E-state index in [-0.39, 0.29) is 29.2 Å². The molecule has 0 aliphatic heterocycles. The van der Waals surface area contributed by atoms with Crippen molar-refractivity contribution in [3.8, 4) is 5.88 Å². The first-order chi connectivity index (χ1) is 17.0. The van der Waals surface area contributed by atoms with E-state index in [9.17, 15) is 19.1 Å². The van der Waals surface area contributed by atoms with Crippen molar-refractivity contribution in [1.29, 1.82) is 0 Å². The molecular formula is C24H29FN6O5. The predicted octanol–water partition coefficient (Wildman–Crippen LogP) is 3.96. The first kappa shape index (κ1) is 25.1. The summed E-state index contributed by atoms with van der Waals surface area (Å²) in [6.07, 6.45) is 5.19. The fourth-order valence-electron chi connectivity index (χ4n) is 4.06. The monoisotopic (exact) mass is 500 g/mol. The Morgan fingerprint density at radius 1 is 1.28 bits per heavy atom. The van der Waals surface area contributed by atoms with E-state index in [1.165, 1.54) is 16.8 Å². The number of alkyl carbamates (subject to hydrolysis) is 1. The molecule has 0 spiro atoms. The minimum Gasteiger partial charge on any atom is -0.477 e. The van der Waals surface area contributed by atoms with Crippen LogP contribution in [-0.4, -0.2) is 54.5 Å². The van der Waals surface area contributed by atoms with Crippen molar-refractivity contribution in [2.75, 3.05) is 5.32 Å². The van der Waals surface area contributed by atoms with Crippen LogP contribution in [0.25, 0.3) is 5.65 Å². The maximum Gasteiger partial charge on any atom is 0.407 e. The lowest BCUT2D eigenvalue weighted by molar-refractivity contribution is 0.0502. The van der Waals surface area contributed by atoms with Crippen molar-refractivity contribution in [2.24, 2.45) is 0 Å². The highest BCUT2D eigenvalue weighted by molar-refractivity contribution is 5.94. The number of carbonyl (C=O) groups excluding carboxylic acids is 1. The van der Waals surface area contributed by atoms with Gasteiger partial charge in [-0.05, 0) is 52.7 Å². The molecule has 1 aliphatic carbocycles. The van der Waals surface area contributed by atoms with Gasteiger partial charge in [-0.3, -0.25) is 0 Å². The molecule has 11 nitrogen and oxygen atoms in total. The number of hydrogen-bond acceptors (Lipinski definition) is 8. The van der Waals surface area contributed by atoms with Crippen molar-refractivity contribution in [2.45, 2.75) is 70.7 Å². The van der Waals surface area contributed by atoms with E-state index in [2.05, 4.69) is 25.7 Å². The molecule has 1 saturated carbocycles. The SMILES string of the molecule is C[C@@H](Nc1ccn2ncc(C(=O)O)c2n1)c1cc(F)cnc1OC1CCC(NC(=O)OC(C)(C)C)C1. The van der Waals surface area contributed by atoms with Gasteiger partial charge in [-0.1, -0.05) is 0 Å². The number of ether oxygens (including phenoxy) is 2. The van der Waals surface area contributed by atoms with Crippen LogP contribution in [0, 0.1) is 5.82 Å². The molecule has 192 valence electrons. The lowest BCUT2D eigenvalue weighted by Gasteiger charge is -2.22. The molecule has 3 aromatic rings. The quantitative estimate of drug-likeness (QED) is 0.440. The average molecular weight is 501 g/mol. The highest BCUT2D eigenvalue weighted by Gasteiger charge is 2.30. The van der Waals surface area contributed by atoms with E-state index < -0.39 is 29.5 Å². The molecule has 4 rings (SSSR count). The van der Waals surface area contributed by atoms with Gasteiger partial charge in [0.2, 0.25) is 5.88 Å². The van der Waals surface area contributed by atoms with Crippen LogP contribution in [0.5, 0.6) is 5.88 Å². The standard InChI is InChI=1S/C24H29FN6O5/c1-13(28-19-7-8-31-20(30-19)18(12-27-31)22(32)33)17-9-14(25)11-26-21(17)35-16-6-5-15(10-16)29-23(34)36-24(2,3)4/h7-9,11-13,15-16H,5-6,10H2,1-4H3,(H,28,30)(H,29,34)(H,32,33)/t13-,15?,16?/m1/s1. The number of nitrogens with one attached hydrogen (secondary N) is 2. The van der Waals surface area contributed by atoms with Crippen molar-refractivity contribution >= 4 is 23.5 Å². The van der Waals surface area contributed by atoms with E-state index in [1.807, 2.05) is 0 Å². The van der Waals surface area contributed by atoms with E-state index in [0.29, 0.717) is 24.2 Å². The molecule has 0 saturated heterocycles. The second-order valence-corrected chi connectivity index (χ2v) is 9.75. The molecule has 1 aliphatic rings. The van der Waals surface area contributed by atoms with Crippen LogP contribution >= 0.6 is 0 Å². The van der Waals surface area contributed by atoms with Crippen LogP contribution in [0.3, 0.4) is 0 Å². The zero-order chi connectivity index (χ0) is 26.0. The zero-order valence-corrected chi connectivity index (χ0v) is 20.5. The number of carbonyl (C=O) groups is 2. The number of hydrogen-bond donors (Lipinski definition) is 3. The number of fused-ring (bicyclic) bond motifs is 1. The summed E-state index contributed by atoms with van der Waals surface area (Å²) < 4.78 is 26.9.